The van der Waals surface area contributed by atoms with Crippen LogP contribution in [-0.4, -0.2) is 30.2 Å². The number of ether oxygens (including phenoxy) is 3. The molecule has 6 heteroatoms. The summed E-state index contributed by atoms with van der Waals surface area (Å²) in [7, 11) is 3.26. The van der Waals surface area contributed by atoms with Crippen molar-refractivity contribution in [3.63, 3.8) is 0 Å². The summed E-state index contributed by atoms with van der Waals surface area (Å²) < 4.78 is 18.9. The number of nitrogens with zero attached hydrogens (tertiary/aromatic N) is 3. The van der Waals surface area contributed by atoms with Gasteiger partial charge in [0.25, 0.3) is 0 Å². The number of pyridine rings is 1. The van der Waals surface area contributed by atoms with E-state index < -0.39 is 0 Å². The number of nitriles is 1. The highest BCUT2D eigenvalue weighted by Crippen LogP contribution is 2.35. The van der Waals surface area contributed by atoms with E-state index in [-0.39, 0.29) is 0 Å². The molecule has 0 aliphatic carbocycles. The minimum absolute atomic E-state index is 0.495. The lowest BCUT2D eigenvalue weighted by molar-refractivity contribution is 0.339. The molecule has 0 aliphatic heterocycles. The van der Waals surface area contributed by atoms with E-state index in [4.69, 9.17) is 19.2 Å². The zero-order chi connectivity index (χ0) is 25.1. The highest BCUT2D eigenvalue weighted by molar-refractivity contribution is 5.89. The van der Waals surface area contributed by atoms with Gasteiger partial charge >= 0.3 is 0 Å². The number of fused-ring (bicyclic) bond motifs is 3. The monoisotopic (exact) mass is 475 g/mol. The largest absolute Gasteiger partial charge is 0.497 e. The van der Waals surface area contributed by atoms with Crippen LogP contribution in [0.3, 0.4) is 0 Å². The average molecular weight is 476 g/mol. The first kappa shape index (κ1) is 23.0. The maximum Gasteiger partial charge on any atom is 0.157 e. The van der Waals surface area contributed by atoms with E-state index in [0.717, 1.165) is 39.2 Å². The van der Waals surface area contributed by atoms with Crippen LogP contribution in [0.4, 0.5) is 0 Å². The van der Waals surface area contributed by atoms with Gasteiger partial charge in [-0.3, -0.25) is 4.40 Å². The third kappa shape index (κ3) is 4.12. The van der Waals surface area contributed by atoms with Gasteiger partial charge in [-0.25, -0.2) is 4.98 Å². The summed E-state index contributed by atoms with van der Waals surface area (Å²) in [6.45, 7) is 2.53. The Labute approximate surface area is 209 Å². The fourth-order valence-corrected chi connectivity index (χ4v) is 4.35. The summed E-state index contributed by atoms with van der Waals surface area (Å²) in [6, 6.07) is 25.8. The molecule has 2 heterocycles. The van der Waals surface area contributed by atoms with Crippen LogP contribution in [0.5, 0.6) is 17.2 Å². The molecule has 0 radical (unpaired) electrons. The number of rotatable bonds is 7. The molecule has 0 fully saturated rings. The Bertz CT molecular complexity index is 1620. The molecule has 0 saturated carbocycles. The summed E-state index contributed by atoms with van der Waals surface area (Å²) in [5.41, 5.74) is 6.25. The van der Waals surface area contributed by atoms with E-state index in [0.29, 0.717) is 29.3 Å². The summed E-state index contributed by atoms with van der Waals surface area (Å²) >= 11 is 0. The highest BCUT2D eigenvalue weighted by atomic mass is 16.5. The van der Waals surface area contributed by atoms with Crippen LogP contribution in [0, 0.1) is 11.3 Å². The van der Waals surface area contributed by atoms with Gasteiger partial charge in [-0.15, -0.1) is 0 Å². The van der Waals surface area contributed by atoms with Gasteiger partial charge in [0.15, 0.2) is 5.65 Å². The van der Waals surface area contributed by atoms with Gasteiger partial charge < -0.3 is 14.2 Å². The van der Waals surface area contributed by atoms with Crippen molar-refractivity contribution >= 4 is 28.8 Å². The van der Waals surface area contributed by atoms with E-state index in [2.05, 4.69) is 6.07 Å². The molecular formula is C30H25N3O3. The lowest BCUT2D eigenvalue weighted by Gasteiger charge is -2.13. The molecule has 0 spiro atoms. The lowest BCUT2D eigenvalue weighted by atomic mass is 10.0. The first-order chi connectivity index (χ1) is 17.7. The fourth-order valence-electron chi connectivity index (χ4n) is 4.35. The van der Waals surface area contributed by atoms with Crippen molar-refractivity contribution in [3.8, 4) is 34.6 Å². The van der Waals surface area contributed by atoms with E-state index >= 15 is 0 Å². The minimum atomic E-state index is 0.495. The van der Waals surface area contributed by atoms with Crippen molar-refractivity contribution in [2.45, 2.75) is 6.92 Å². The van der Waals surface area contributed by atoms with E-state index in [1.807, 2.05) is 96.3 Å². The first-order valence-corrected chi connectivity index (χ1v) is 11.6. The third-order valence-corrected chi connectivity index (χ3v) is 6.03. The van der Waals surface area contributed by atoms with Crippen LogP contribution in [0.1, 0.15) is 23.6 Å². The summed E-state index contributed by atoms with van der Waals surface area (Å²) in [5.74, 6) is 2.14. The topological polar surface area (TPSA) is 68.8 Å². The maximum absolute atomic E-state index is 10.2. The van der Waals surface area contributed by atoms with Crippen LogP contribution >= 0.6 is 0 Å². The first-order valence-electron chi connectivity index (χ1n) is 11.6. The summed E-state index contributed by atoms with van der Waals surface area (Å²) in [5, 5.41) is 10.2. The Morgan fingerprint density at radius 3 is 2.31 bits per heavy atom. The van der Waals surface area contributed by atoms with Crippen LogP contribution in [-0.2, 0) is 0 Å². The molecule has 0 N–H and O–H groups in total. The van der Waals surface area contributed by atoms with Crippen molar-refractivity contribution < 1.29 is 14.2 Å². The molecule has 0 aliphatic rings. The zero-order valence-corrected chi connectivity index (χ0v) is 20.4. The quantitative estimate of drug-likeness (QED) is 0.265. The van der Waals surface area contributed by atoms with Crippen molar-refractivity contribution in [2.75, 3.05) is 20.8 Å². The highest BCUT2D eigenvalue weighted by Gasteiger charge is 2.18. The zero-order valence-electron chi connectivity index (χ0n) is 20.4. The van der Waals surface area contributed by atoms with Crippen LogP contribution in [0.15, 0.2) is 72.8 Å². The molecule has 0 atom stereocenters. The summed E-state index contributed by atoms with van der Waals surface area (Å²) in [4.78, 5) is 4.84. The van der Waals surface area contributed by atoms with E-state index in [1.54, 1.807) is 14.2 Å². The number of imidazole rings is 1. The molecule has 0 unspecified atom stereocenters. The van der Waals surface area contributed by atoms with Crippen molar-refractivity contribution in [1.82, 2.24) is 9.38 Å². The molecule has 178 valence electrons. The molecule has 0 amide bonds. The van der Waals surface area contributed by atoms with Gasteiger partial charge in [-0.2, -0.15) is 5.26 Å². The standard InChI is InChI=1S/C30H25N3O3/c1-4-36-29-12-8-5-9-20(29)13-14-21-17-28(22-15-23(34-2)18-24(16-22)35-3)33-27-11-7-6-10-26(27)32-30(33)25(21)19-31/h5-18H,4H2,1-3H3. The summed E-state index contributed by atoms with van der Waals surface area (Å²) in [6.07, 6.45) is 3.91. The average Bonchev–Trinajstić information content (AvgIpc) is 3.31. The molecule has 5 rings (SSSR count). The third-order valence-electron chi connectivity index (χ3n) is 6.03. The van der Waals surface area contributed by atoms with E-state index in [1.165, 1.54) is 0 Å². The van der Waals surface area contributed by atoms with E-state index in [9.17, 15) is 5.26 Å². The predicted molar refractivity (Wildman–Crippen MR) is 142 cm³/mol. The van der Waals surface area contributed by atoms with Gasteiger partial charge in [0.05, 0.1) is 37.6 Å². The number of para-hydroxylation sites is 3. The number of methoxy groups -OCH3 is 2. The number of hydrogen-bond acceptors (Lipinski definition) is 5. The van der Waals surface area contributed by atoms with Crippen LogP contribution in [0.2, 0.25) is 0 Å². The molecule has 36 heavy (non-hydrogen) atoms. The maximum atomic E-state index is 10.2. The van der Waals surface area contributed by atoms with Gasteiger partial charge in [0, 0.05) is 17.2 Å². The second kappa shape index (κ2) is 9.85. The molecular weight excluding hydrogens is 450 g/mol. The molecule has 0 bridgehead atoms. The number of hydrogen-bond donors (Lipinski definition) is 0. The molecule has 5 aromatic rings. The van der Waals surface area contributed by atoms with Gasteiger partial charge in [0.1, 0.15) is 28.9 Å². The van der Waals surface area contributed by atoms with Crippen molar-refractivity contribution in [3.05, 3.63) is 89.5 Å². The second-order valence-electron chi connectivity index (χ2n) is 8.14. The normalized spacial score (nSPS) is 11.2. The van der Waals surface area contributed by atoms with Crippen molar-refractivity contribution in [1.29, 1.82) is 5.26 Å². The number of aromatic nitrogens is 2. The Morgan fingerprint density at radius 2 is 1.58 bits per heavy atom. The Hall–Kier alpha value is -4.76. The van der Waals surface area contributed by atoms with Crippen molar-refractivity contribution in [2.24, 2.45) is 0 Å². The molecule has 0 saturated heterocycles. The van der Waals surface area contributed by atoms with Gasteiger partial charge in [-0.05, 0) is 48.9 Å². The molecule has 3 aromatic carbocycles. The Balaban J connectivity index is 1.80. The Kier molecular flexibility index (Phi) is 6.29. The van der Waals surface area contributed by atoms with Crippen LogP contribution in [0.25, 0.3) is 40.1 Å². The molecule has 2 aromatic heterocycles. The fraction of sp³-hybridized carbons (Fsp3) is 0.133. The SMILES string of the molecule is CCOc1ccccc1C=Cc1cc(-c2cc(OC)cc(OC)c2)n2c(nc3ccccc32)c1C#N. The van der Waals surface area contributed by atoms with Gasteiger partial charge in [0.2, 0.25) is 0 Å². The second-order valence-corrected chi connectivity index (χ2v) is 8.14. The Morgan fingerprint density at radius 1 is 0.889 bits per heavy atom. The molecule has 6 nitrogen and oxygen atoms in total. The lowest BCUT2D eigenvalue weighted by Crippen LogP contribution is -1.99. The minimum Gasteiger partial charge on any atom is -0.497 e. The number of benzene rings is 3. The van der Waals surface area contributed by atoms with Gasteiger partial charge in [-0.1, -0.05) is 42.5 Å². The predicted octanol–water partition coefficient (Wildman–Crippen LogP) is 6.61. The van der Waals surface area contributed by atoms with Crippen LogP contribution < -0.4 is 14.2 Å². The smallest absolute Gasteiger partial charge is 0.157 e.